The van der Waals surface area contributed by atoms with Crippen LogP contribution in [0.1, 0.15) is 107 Å². The number of benzene rings is 1. The van der Waals surface area contributed by atoms with Crippen LogP contribution in [0.4, 0.5) is 0 Å². The first-order chi connectivity index (χ1) is 14.1. The van der Waals surface area contributed by atoms with E-state index in [0.29, 0.717) is 5.92 Å². The predicted octanol–water partition coefficient (Wildman–Crippen LogP) is 8.26. The molecule has 0 N–H and O–H groups in total. The molecule has 29 heavy (non-hydrogen) atoms. The highest BCUT2D eigenvalue weighted by Crippen LogP contribution is 2.41. The van der Waals surface area contributed by atoms with Gasteiger partial charge in [-0.3, -0.25) is 4.79 Å². The van der Waals surface area contributed by atoms with E-state index >= 15 is 0 Å². The van der Waals surface area contributed by atoms with E-state index in [1.807, 2.05) is 12.1 Å². The van der Waals surface area contributed by atoms with Crippen molar-refractivity contribution in [2.45, 2.75) is 96.8 Å². The van der Waals surface area contributed by atoms with E-state index in [1.165, 1.54) is 69.8 Å². The summed E-state index contributed by atoms with van der Waals surface area (Å²) in [6.07, 6.45) is 15.4. The quantitative estimate of drug-likeness (QED) is 0.374. The lowest BCUT2D eigenvalue weighted by atomic mass is 9.69. The monoisotopic (exact) mass is 402 g/mol. The van der Waals surface area contributed by atoms with Gasteiger partial charge in [0.25, 0.3) is 0 Å². The van der Waals surface area contributed by atoms with Crippen molar-refractivity contribution in [3.63, 3.8) is 0 Å². The maximum atomic E-state index is 12.7. The third kappa shape index (κ3) is 5.44. The summed E-state index contributed by atoms with van der Waals surface area (Å²) in [5.74, 6) is 5.09. The highest BCUT2D eigenvalue weighted by Gasteiger charge is 2.33. The zero-order valence-corrected chi connectivity index (χ0v) is 18.6. The average Bonchev–Trinajstić information content (AvgIpc) is 2.76. The van der Waals surface area contributed by atoms with Crippen molar-refractivity contribution < 1.29 is 13.8 Å². The van der Waals surface area contributed by atoms with E-state index < -0.39 is 0 Å². The Balaban J connectivity index is 0.00000171. The first kappa shape index (κ1) is 20.9. The van der Waals surface area contributed by atoms with Crippen LogP contribution in [-0.2, 0) is 4.79 Å². The maximum absolute atomic E-state index is 12.7. The van der Waals surface area contributed by atoms with Gasteiger partial charge in [-0.15, -0.1) is 0 Å². The number of carbonyl (C=O) groups is 1. The standard InChI is InChI=1S/C27H40O2.3H2/c1-19-3-7-21(8-4-19)23-11-13-25(14-12-23)27(28)29-26-17-15-24(16-18-26)22-9-5-20(2)6-10-22;;;/h15-23,25H,3-14H2,1-2H3;3*1H. The summed E-state index contributed by atoms with van der Waals surface area (Å²) in [4.78, 5) is 12.7. The van der Waals surface area contributed by atoms with Crippen LogP contribution in [0, 0.1) is 29.6 Å². The molecule has 3 aliphatic carbocycles. The average molecular weight is 403 g/mol. The molecule has 0 unspecified atom stereocenters. The Bertz CT molecular complexity index is 654. The fourth-order valence-corrected chi connectivity index (χ4v) is 6.18. The number of carbonyl (C=O) groups excluding carboxylic acids is 1. The Kier molecular flexibility index (Phi) is 6.98. The second-order valence-electron chi connectivity index (χ2n) is 10.6. The Morgan fingerprint density at radius 2 is 1.21 bits per heavy atom. The van der Waals surface area contributed by atoms with Crippen molar-refractivity contribution >= 4 is 5.97 Å². The molecule has 0 heterocycles. The Morgan fingerprint density at radius 3 is 1.76 bits per heavy atom. The molecule has 0 spiro atoms. The molecular weight excluding hydrogens is 356 g/mol. The minimum atomic E-state index is -0.0000393. The second-order valence-corrected chi connectivity index (χ2v) is 10.6. The van der Waals surface area contributed by atoms with E-state index in [0.717, 1.165) is 42.3 Å². The lowest BCUT2D eigenvalue weighted by molar-refractivity contribution is -0.140. The molecule has 3 aliphatic rings. The minimum absolute atomic E-state index is 0. The molecule has 1 aromatic carbocycles. The molecule has 0 radical (unpaired) electrons. The molecule has 2 nitrogen and oxygen atoms in total. The van der Waals surface area contributed by atoms with Gasteiger partial charge in [0.1, 0.15) is 5.75 Å². The van der Waals surface area contributed by atoms with Gasteiger partial charge in [-0.2, -0.15) is 0 Å². The van der Waals surface area contributed by atoms with E-state index in [1.54, 1.807) is 0 Å². The lowest BCUT2D eigenvalue weighted by Crippen LogP contribution is -2.29. The largest absolute Gasteiger partial charge is 0.426 e. The van der Waals surface area contributed by atoms with Gasteiger partial charge < -0.3 is 4.74 Å². The highest BCUT2D eigenvalue weighted by atomic mass is 16.5. The van der Waals surface area contributed by atoms with Crippen LogP contribution in [0.5, 0.6) is 5.75 Å². The van der Waals surface area contributed by atoms with E-state index in [4.69, 9.17) is 4.74 Å². The molecule has 0 aliphatic heterocycles. The number of rotatable bonds is 4. The summed E-state index contributed by atoms with van der Waals surface area (Å²) in [7, 11) is 0. The summed E-state index contributed by atoms with van der Waals surface area (Å²) >= 11 is 0. The molecule has 0 atom stereocenters. The van der Waals surface area contributed by atoms with Crippen LogP contribution in [0.25, 0.3) is 0 Å². The lowest BCUT2D eigenvalue weighted by Gasteiger charge is -2.36. The summed E-state index contributed by atoms with van der Waals surface area (Å²) in [5, 5.41) is 0. The molecular formula is C27H46O2. The van der Waals surface area contributed by atoms with Crippen molar-refractivity contribution in [2.75, 3.05) is 0 Å². The van der Waals surface area contributed by atoms with Gasteiger partial charge in [-0.05, 0) is 98.7 Å². The summed E-state index contributed by atoms with van der Waals surface area (Å²) < 4.78 is 5.77. The topological polar surface area (TPSA) is 26.3 Å². The second kappa shape index (κ2) is 9.67. The third-order valence-electron chi connectivity index (χ3n) is 8.42. The van der Waals surface area contributed by atoms with Crippen molar-refractivity contribution in [1.82, 2.24) is 0 Å². The predicted molar refractivity (Wildman–Crippen MR) is 125 cm³/mol. The zero-order valence-electron chi connectivity index (χ0n) is 18.6. The number of hydrogen-bond acceptors (Lipinski definition) is 2. The molecule has 166 valence electrons. The molecule has 0 bridgehead atoms. The molecule has 0 amide bonds. The van der Waals surface area contributed by atoms with E-state index in [-0.39, 0.29) is 16.2 Å². The van der Waals surface area contributed by atoms with Gasteiger partial charge in [-0.25, -0.2) is 0 Å². The normalized spacial score (nSPS) is 35.8. The van der Waals surface area contributed by atoms with Gasteiger partial charge in [0, 0.05) is 4.28 Å². The maximum Gasteiger partial charge on any atom is 0.314 e. The van der Waals surface area contributed by atoms with Crippen molar-refractivity contribution in [3.05, 3.63) is 29.8 Å². The number of esters is 1. The Labute approximate surface area is 182 Å². The molecule has 3 fully saturated rings. The fourth-order valence-electron chi connectivity index (χ4n) is 6.18. The van der Waals surface area contributed by atoms with E-state index in [2.05, 4.69) is 26.0 Å². The van der Waals surface area contributed by atoms with Gasteiger partial charge >= 0.3 is 5.97 Å². The SMILES string of the molecule is CC1CCC(c2ccc(OC(=O)C3CCC(C4CCC(C)CC4)CC3)cc2)CC1.[HH].[HH].[HH]. The number of ether oxygens (including phenoxy) is 1. The van der Waals surface area contributed by atoms with E-state index in [9.17, 15) is 4.79 Å². The Morgan fingerprint density at radius 1 is 0.724 bits per heavy atom. The van der Waals surface area contributed by atoms with Gasteiger partial charge in [0.2, 0.25) is 0 Å². The van der Waals surface area contributed by atoms with Crippen LogP contribution in [0.2, 0.25) is 0 Å². The highest BCUT2D eigenvalue weighted by molar-refractivity contribution is 5.75. The summed E-state index contributed by atoms with van der Waals surface area (Å²) in [5.41, 5.74) is 1.42. The van der Waals surface area contributed by atoms with Crippen molar-refractivity contribution in [1.29, 1.82) is 0 Å². The first-order valence-corrected chi connectivity index (χ1v) is 12.4. The first-order valence-electron chi connectivity index (χ1n) is 12.4. The van der Waals surface area contributed by atoms with Crippen LogP contribution in [-0.4, -0.2) is 5.97 Å². The third-order valence-corrected chi connectivity index (χ3v) is 8.42. The summed E-state index contributed by atoms with van der Waals surface area (Å²) in [6.45, 7) is 4.76. The van der Waals surface area contributed by atoms with Crippen molar-refractivity contribution in [2.24, 2.45) is 29.6 Å². The van der Waals surface area contributed by atoms with Gasteiger partial charge in [0.15, 0.2) is 0 Å². The molecule has 1 aromatic rings. The van der Waals surface area contributed by atoms with Gasteiger partial charge in [-0.1, -0.05) is 51.7 Å². The van der Waals surface area contributed by atoms with Crippen LogP contribution in [0.3, 0.4) is 0 Å². The van der Waals surface area contributed by atoms with Crippen LogP contribution in [0.15, 0.2) is 24.3 Å². The fraction of sp³-hybridized carbons (Fsp3) is 0.741. The molecule has 3 saturated carbocycles. The minimum Gasteiger partial charge on any atom is -0.426 e. The molecule has 2 heteroatoms. The van der Waals surface area contributed by atoms with Crippen LogP contribution < -0.4 is 4.74 Å². The Hall–Kier alpha value is -1.31. The van der Waals surface area contributed by atoms with Gasteiger partial charge in [0.05, 0.1) is 5.92 Å². The summed E-state index contributed by atoms with van der Waals surface area (Å²) in [6, 6.07) is 8.40. The van der Waals surface area contributed by atoms with Crippen LogP contribution >= 0.6 is 0 Å². The smallest absolute Gasteiger partial charge is 0.314 e. The molecule has 0 saturated heterocycles. The van der Waals surface area contributed by atoms with Crippen molar-refractivity contribution in [3.8, 4) is 5.75 Å². The number of hydrogen-bond donors (Lipinski definition) is 0. The molecule has 4 rings (SSSR count). The zero-order chi connectivity index (χ0) is 20.2. The molecule has 0 aromatic heterocycles.